The van der Waals surface area contributed by atoms with Crippen LogP contribution < -0.4 is 10.6 Å². The summed E-state index contributed by atoms with van der Waals surface area (Å²) in [7, 11) is 2.22. The van der Waals surface area contributed by atoms with Gasteiger partial charge in [-0.25, -0.2) is 0 Å². The molecule has 5 heteroatoms. The van der Waals surface area contributed by atoms with Gasteiger partial charge < -0.3 is 10.6 Å². The topological polar surface area (TPSA) is 44.4 Å². The van der Waals surface area contributed by atoms with Crippen molar-refractivity contribution in [2.75, 3.05) is 33.2 Å². The van der Waals surface area contributed by atoms with E-state index in [0.717, 1.165) is 38.5 Å². The third kappa shape index (κ3) is 4.80. The summed E-state index contributed by atoms with van der Waals surface area (Å²) in [6, 6.07) is 4.84. The van der Waals surface area contributed by atoms with Crippen LogP contribution in [0.15, 0.2) is 17.5 Å². The van der Waals surface area contributed by atoms with E-state index in [2.05, 4.69) is 40.1 Å². The highest BCUT2D eigenvalue weighted by molar-refractivity contribution is 7.10. The molecule has 0 spiro atoms. The number of amides is 1. The highest BCUT2D eigenvalue weighted by Crippen LogP contribution is 2.36. The number of nitrogens with one attached hydrogen (secondary N) is 2. The van der Waals surface area contributed by atoms with Crippen LogP contribution in [0.25, 0.3) is 0 Å². The molecule has 0 aliphatic carbocycles. The number of rotatable bonds is 6. The Kier molecular flexibility index (Phi) is 6.69. The largest absolute Gasteiger partial charge is 0.356 e. The van der Waals surface area contributed by atoms with Gasteiger partial charge in [0.1, 0.15) is 0 Å². The van der Waals surface area contributed by atoms with Crippen molar-refractivity contribution in [1.82, 2.24) is 15.5 Å². The average molecular weight is 350 g/mol. The molecule has 0 aromatic carbocycles. The fourth-order valence-corrected chi connectivity index (χ4v) is 5.20. The molecule has 3 rings (SSSR count). The second-order valence-corrected chi connectivity index (χ2v) is 8.36. The maximum Gasteiger partial charge on any atom is 0.220 e. The van der Waals surface area contributed by atoms with Gasteiger partial charge in [0.25, 0.3) is 0 Å². The van der Waals surface area contributed by atoms with Crippen molar-refractivity contribution in [3.05, 3.63) is 22.4 Å². The molecule has 24 heavy (non-hydrogen) atoms. The standard InChI is InChI=1S/C19H31N3OS/c1-22-12-2-4-16(19(22)17-5-3-13-24-17)14-21-18(23)7-6-15-8-10-20-11-9-15/h3,5,13,15-16,19-20H,2,4,6-12,14H2,1H3,(H,21,23). The number of piperidine rings is 2. The van der Waals surface area contributed by atoms with Crippen LogP contribution in [-0.4, -0.2) is 44.0 Å². The van der Waals surface area contributed by atoms with Crippen LogP contribution in [0, 0.1) is 11.8 Å². The molecule has 3 heterocycles. The van der Waals surface area contributed by atoms with Gasteiger partial charge in [0.05, 0.1) is 0 Å². The van der Waals surface area contributed by atoms with Gasteiger partial charge in [0, 0.05) is 23.9 Å². The zero-order chi connectivity index (χ0) is 16.8. The lowest BCUT2D eigenvalue weighted by atomic mass is 9.88. The van der Waals surface area contributed by atoms with Crippen LogP contribution in [0.5, 0.6) is 0 Å². The van der Waals surface area contributed by atoms with Crippen LogP contribution in [0.1, 0.15) is 49.4 Å². The minimum atomic E-state index is 0.242. The monoisotopic (exact) mass is 349 g/mol. The predicted octanol–water partition coefficient (Wildman–Crippen LogP) is 3.03. The molecular formula is C19H31N3OS. The molecule has 2 aliphatic heterocycles. The minimum Gasteiger partial charge on any atom is -0.356 e. The van der Waals surface area contributed by atoms with Crippen LogP contribution in [0.4, 0.5) is 0 Å². The number of thiophene rings is 1. The van der Waals surface area contributed by atoms with Gasteiger partial charge in [0.2, 0.25) is 5.91 Å². The van der Waals surface area contributed by atoms with E-state index < -0.39 is 0 Å². The molecule has 1 amide bonds. The van der Waals surface area contributed by atoms with E-state index in [9.17, 15) is 4.79 Å². The van der Waals surface area contributed by atoms with E-state index in [1.807, 2.05) is 11.3 Å². The van der Waals surface area contributed by atoms with Crippen molar-refractivity contribution >= 4 is 17.2 Å². The number of likely N-dealkylation sites (tertiary alicyclic amines) is 1. The lowest BCUT2D eigenvalue weighted by molar-refractivity contribution is -0.121. The van der Waals surface area contributed by atoms with E-state index in [1.54, 1.807) is 0 Å². The number of nitrogens with zero attached hydrogens (tertiary/aromatic N) is 1. The Labute approximate surface area is 150 Å². The molecule has 0 bridgehead atoms. The molecule has 2 unspecified atom stereocenters. The summed E-state index contributed by atoms with van der Waals surface area (Å²) in [5, 5.41) is 8.78. The van der Waals surface area contributed by atoms with Gasteiger partial charge in [0.15, 0.2) is 0 Å². The minimum absolute atomic E-state index is 0.242. The van der Waals surface area contributed by atoms with Crippen LogP contribution in [-0.2, 0) is 4.79 Å². The number of carbonyl (C=O) groups excluding carboxylic acids is 1. The molecule has 134 valence electrons. The summed E-state index contributed by atoms with van der Waals surface area (Å²) in [5.74, 6) is 1.51. The smallest absolute Gasteiger partial charge is 0.220 e. The molecule has 2 N–H and O–H groups in total. The van der Waals surface area contributed by atoms with E-state index >= 15 is 0 Å². The highest BCUT2D eigenvalue weighted by atomic mass is 32.1. The molecule has 2 fully saturated rings. The second-order valence-electron chi connectivity index (χ2n) is 7.38. The average Bonchev–Trinajstić information content (AvgIpc) is 3.13. The Balaban J connectivity index is 1.46. The van der Waals surface area contributed by atoms with Crippen molar-refractivity contribution in [2.45, 2.75) is 44.6 Å². The first kappa shape index (κ1) is 17.9. The molecule has 4 nitrogen and oxygen atoms in total. The highest BCUT2D eigenvalue weighted by Gasteiger charge is 2.31. The molecule has 1 aromatic rings. The normalized spacial score (nSPS) is 26.4. The predicted molar refractivity (Wildman–Crippen MR) is 100 cm³/mol. The van der Waals surface area contributed by atoms with Crippen molar-refractivity contribution in [2.24, 2.45) is 11.8 Å². The van der Waals surface area contributed by atoms with Crippen molar-refractivity contribution < 1.29 is 4.79 Å². The third-order valence-corrected chi connectivity index (χ3v) is 6.58. The molecule has 2 saturated heterocycles. The van der Waals surface area contributed by atoms with Crippen LogP contribution in [0.3, 0.4) is 0 Å². The Morgan fingerprint density at radius 1 is 1.38 bits per heavy atom. The Morgan fingerprint density at radius 2 is 2.21 bits per heavy atom. The zero-order valence-electron chi connectivity index (χ0n) is 14.8. The van der Waals surface area contributed by atoms with Crippen molar-refractivity contribution in [3.8, 4) is 0 Å². The molecule has 1 aromatic heterocycles. The molecule has 2 aliphatic rings. The first-order valence-electron chi connectivity index (χ1n) is 9.45. The first-order valence-corrected chi connectivity index (χ1v) is 10.3. The summed E-state index contributed by atoms with van der Waals surface area (Å²) in [4.78, 5) is 16.2. The fraction of sp³-hybridized carbons (Fsp3) is 0.737. The maximum absolute atomic E-state index is 12.3. The first-order chi connectivity index (χ1) is 11.7. The SMILES string of the molecule is CN1CCCC(CNC(=O)CCC2CCNCC2)C1c1cccs1. The van der Waals surface area contributed by atoms with Crippen LogP contribution in [0.2, 0.25) is 0 Å². The molecule has 0 saturated carbocycles. The summed E-state index contributed by atoms with van der Waals surface area (Å²) < 4.78 is 0. The van der Waals surface area contributed by atoms with Gasteiger partial charge in [-0.15, -0.1) is 11.3 Å². The molecular weight excluding hydrogens is 318 g/mol. The molecule has 0 radical (unpaired) electrons. The van der Waals surface area contributed by atoms with Gasteiger partial charge in [-0.1, -0.05) is 6.07 Å². The lowest BCUT2D eigenvalue weighted by Gasteiger charge is -2.38. The van der Waals surface area contributed by atoms with Crippen molar-refractivity contribution in [1.29, 1.82) is 0 Å². The lowest BCUT2D eigenvalue weighted by Crippen LogP contribution is -2.41. The Hall–Kier alpha value is -0.910. The Bertz CT molecular complexity index is 499. The third-order valence-electron chi connectivity index (χ3n) is 5.64. The van der Waals surface area contributed by atoms with Gasteiger partial charge in [-0.3, -0.25) is 9.69 Å². The number of carbonyl (C=O) groups is 1. The van der Waals surface area contributed by atoms with Crippen LogP contribution >= 0.6 is 11.3 Å². The van der Waals surface area contributed by atoms with Crippen molar-refractivity contribution in [3.63, 3.8) is 0 Å². The number of hydrogen-bond donors (Lipinski definition) is 2. The Morgan fingerprint density at radius 3 is 2.96 bits per heavy atom. The quantitative estimate of drug-likeness (QED) is 0.830. The summed E-state index contributed by atoms with van der Waals surface area (Å²) in [6.07, 6.45) is 6.63. The van der Waals surface area contributed by atoms with Gasteiger partial charge in [-0.2, -0.15) is 0 Å². The summed E-state index contributed by atoms with van der Waals surface area (Å²) in [5.41, 5.74) is 0. The molecule has 2 atom stereocenters. The second kappa shape index (κ2) is 8.97. The fourth-order valence-electron chi connectivity index (χ4n) is 4.22. The summed E-state index contributed by atoms with van der Waals surface area (Å²) in [6.45, 7) is 4.20. The zero-order valence-corrected chi connectivity index (χ0v) is 15.6. The van der Waals surface area contributed by atoms with E-state index in [4.69, 9.17) is 0 Å². The van der Waals surface area contributed by atoms with E-state index in [-0.39, 0.29) is 5.91 Å². The summed E-state index contributed by atoms with van der Waals surface area (Å²) >= 11 is 1.84. The van der Waals surface area contributed by atoms with E-state index in [0.29, 0.717) is 18.4 Å². The van der Waals surface area contributed by atoms with E-state index in [1.165, 1.54) is 30.6 Å². The maximum atomic E-state index is 12.3. The van der Waals surface area contributed by atoms with Gasteiger partial charge in [-0.05, 0) is 82.1 Å². The number of hydrogen-bond acceptors (Lipinski definition) is 4. The van der Waals surface area contributed by atoms with Gasteiger partial charge >= 0.3 is 0 Å².